The van der Waals surface area contributed by atoms with Gasteiger partial charge in [0, 0.05) is 19.3 Å². The van der Waals surface area contributed by atoms with Crippen LogP contribution in [-0.4, -0.2) is 50.1 Å². The number of halogens is 1. The van der Waals surface area contributed by atoms with E-state index in [9.17, 15) is 14.3 Å². The molecule has 3 aromatic rings. The number of hydrogen-bond acceptors (Lipinski definition) is 7. The van der Waals surface area contributed by atoms with Gasteiger partial charge in [0.05, 0.1) is 28.6 Å². The molecule has 1 fully saturated rings. The predicted octanol–water partition coefficient (Wildman–Crippen LogP) is 3.63. The molecule has 1 amide bonds. The fourth-order valence-corrected chi connectivity index (χ4v) is 3.90. The van der Waals surface area contributed by atoms with Gasteiger partial charge in [0.25, 0.3) is 5.91 Å². The summed E-state index contributed by atoms with van der Waals surface area (Å²) in [4.78, 5) is 27.3. The van der Waals surface area contributed by atoms with E-state index in [-0.39, 0.29) is 11.9 Å². The summed E-state index contributed by atoms with van der Waals surface area (Å²) < 4.78 is 14.1. The SMILES string of the molecule is CC.CC(Nc1nc(C(=O)N2CC[C@@H](O)C2)c2sccc2n1)c1cncc(F)c1. The van der Waals surface area contributed by atoms with Crippen molar-refractivity contribution < 1.29 is 14.3 Å². The zero-order chi connectivity index (χ0) is 21.0. The number of nitrogens with zero attached hydrogens (tertiary/aromatic N) is 4. The summed E-state index contributed by atoms with van der Waals surface area (Å²) in [6, 6.07) is 2.93. The van der Waals surface area contributed by atoms with Gasteiger partial charge in [-0.2, -0.15) is 0 Å². The van der Waals surface area contributed by atoms with Crippen LogP contribution in [0.4, 0.5) is 10.3 Å². The Hall–Kier alpha value is -2.65. The Morgan fingerprint density at radius 3 is 2.86 bits per heavy atom. The first-order valence-corrected chi connectivity index (χ1v) is 10.5. The lowest BCUT2D eigenvalue weighted by Crippen LogP contribution is -2.30. The maximum absolute atomic E-state index is 13.4. The number of aliphatic hydroxyl groups excluding tert-OH is 1. The first-order chi connectivity index (χ1) is 14.0. The molecule has 0 aliphatic carbocycles. The van der Waals surface area contributed by atoms with Crippen LogP contribution in [0, 0.1) is 5.82 Å². The van der Waals surface area contributed by atoms with E-state index in [2.05, 4.69) is 20.3 Å². The van der Waals surface area contributed by atoms with Crippen molar-refractivity contribution in [2.75, 3.05) is 18.4 Å². The molecule has 2 N–H and O–H groups in total. The molecule has 1 unspecified atom stereocenters. The van der Waals surface area contributed by atoms with Gasteiger partial charge >= 0.3 is 0 Å². The minimum atomic E-state index is -0.493. The number of anilines is 1. The molecule has 4 rings (SSSR count). The van der Waals surface area contributed by atoms with Crippen LogP contribution >= 0.6 is 11.3 Å². The van der Waals surface area contributed by atoms with Crippen LogP contribution in [0.3, 0.4) is 0 Å². The number of nitrogens with one attached hydrogen (secondary N) is 1. The summed E-state index contributed by atoms with van der Waals surface area (Å²) in [5.41, 5.74) is 1.64. The average molecular weight is 418 g/mol. The van der Waals surface area contributed by atoms with Crippen molar-refractivity contribution in [3.05, 3.63) is 47.0 Å². The van der Waals surface area contributed by atoms with E-state index < -0.39 is 11.9 Å². The molecule has 1 aliphatic heterocycles. The molecule has 0 aromatic carbocycles. The lowest BCUT2D eigenvalue weighted by atomic mass is 10.1. The Kier molecular flexibility index (Phi) is 6.71. The number of likely N-dealkylation sites (tertiary alicyclic amines) is 1. The van der Waals surface area contributed by atoms with Gasteiger partial charge in [-0.1, -0.05) is 13.8 Å². The van der Waals surface area contributed by atoms with Crippen molar-refractivity contribution in [2.24, 2.45) is 0 Å². The molecule has 3 aromatic heterocycles. The van der Waals surface area contributed by atoms with E-state index >= 15 is 0 Å². The maximum atomic E-state index is 13.4. The predicted molar refractivity (Wildman–Crippen MR) is 112 cm³/mol. The number of carbonyl (C=O) groups is 1. The third-order valence-corrected chi connectivity index (χ3v) is 5.44. The number of pyridine rings is 1. The molecule has 2 atom stereocenters. The Balaban J connectivity index is 0.00000117. The quantitative estimate of drug-likeness (QED) is 0.674. The first kappa shape index (κ1) is 21.1. The van der Waals surface area contributed by atoms with Crippen LogP contribution in [-0.2, 0) is 0 Å². The molecule has 9 heteroatoms. The van der Waals surface area contributed by atoms with Crippen molar-refractivity contribution in [2.45, 2.75) is 39.3 Å². The van der Waals surface area contributed by atoms with Crippen LogP contribution < -0.4 is 5.32 Å². The van der Waals surface area contributed by atoms with Crippen LogP contribution in [0.25, 0.3) is 10.2 Å². The molecule has 4 heterocycles. The largest absolute Gasteiger partial charge is 0.391 e. The third-order valence-electron chi connectivity index (χ3n) is 4.53. The second-order valence-corrected chi connectivity index (χ2v) is 7.44. The lowest BCUT2D eigenvalue weighted by Gasteiger charge is -2.17. The summed E-state index contributed by atoms with van der Waals surface area (Å²) in [5, 5.41) is 14.7. The van der Waals surface area contributed by atoms with E-state index in [0.29, 0.717) is 46.9 Å². The molecular formula is C20H24FN5O2S. The summed E-state index contributed by atoms with van der Waals surface area (Å²) in [5.74, 6) is -0.343. The van der Waals surface area contributed by atoms with Crippen LogP contribution in [0.1, 0.15) is 49.3 Å². The molecule has 1 aliphatic rings. The average Bonchev–Trinajstić information content (AvgIpc) is 3.37. The summed E-state index contributed by atoms with van der Waals surface area (Å²) in [6.45, 7) is 6.66. The summed E-state index contributed by atoms with van der Waals surface area (Å²) in [7, 11) is 0. The third kappa shape index (κ3) is 4.68. The van der Waals surface area contributed by atoms with Crippen molar-refractivity contribution in [3.8, 4) is 0 Å². The van der Waals surface area contributed by atoms with Crippen molar-refractivity contribution >= 4 is 33.4 Å². The van der Waals surface area contributed by atoms with Crippen molar-refractivity contribution in [3.63, 3.8) is 0 Å². The molecule has 29 heavy (non-hydrogen) atoms. The number of fused-ring (bicyclic) bond motifs is 1. The first-order valence-electron chi connectivity index (χ1n) is 9.61. The zero-order valence-electron chi connectivity index (χ0n) is 16.6. The number of thiophene rings is 1. The van der Waals surface area contributed by atoms with Crippen LogP contribution in [0.5, 0.6) is 0 Å². The molecule has 7 nitrogen and oxygen atoms in total. The Morgan fingerprint density at radius 2 is 2.17 bits per heavy atom. The number of amides is 1. The lowest BCUT2D eigenvalue weighted by molar-refractivity contribution is 0.0761. The van der Waals surface area contributed by atoms with Crippen LogP contribution in [0.2, 0.25) is 0 Å². The highest BCUT2D eigenvalue weighted by Gasteiger charge is 2.28. The summed E-state index contributed by atoms with van der Waals surface area (Å²) in [6.07, 6.45) is 2.79. The fraction of sp³-hybridized carbons (Fsp3) is 0.400. The number of β-amino-alcohol motifs (C(OH)–C–C–N with tert-alkyl or cyclic N) is 1. The Labute approximate surface area is 172 Å². The monoisotopic (exact) mass is 417 g/mol. The molecule has 0 bridgehead atoms. The van der Waals surface area contributed by atoms with Gasteiger partial charge in [0.1, 0.15) is 5.82 Å². The maximum Gasteiger partial charge on any atom is 0.274 e. The highest BCUT2D eigenvalue weighted by molar-refractivity contribution is 7.17. The molecule has 0 radical (unpaired) electrons. The number of aliphatic hydroxyl groups is 1. The molecule has 1 saturated heterocycles. The normalized spacial score (nSPS) is 17.0. The smallest absolute Gasteiger partial charge is 0.274 e. The van der Waals surface area contributed by atoms with Gasteiger partial charge in [0.2, 0.25) is 5.95 Å². The van der Waals surface area contributed by atoms with E-state index in [1.54, 1.807) is 11.1 Å². The van der Waals surface area contributed by atoms with Crippen LogP contribution in [0.15, 0.2) is 29.9 Å². The highest BCUT2D eigenvalue weighted by atomic mass is 32.1. The standard InChI is InChI=1S/C18H18FN5O2S.C2H6/c1-10(11-6-12(19)8-20-7-11)21-18-22-14-3-5-27-16(14)15(23-18)17(26)24-4-2-13(25)9-24;1-2/h3,5-8,10,13,25H,2,4,9H2,1H3,(H,21,22,23);1-2H3/t10?,13-;/m1./s1. The zero-order valence-corrected chi connectivity index (χ0v) is 17.4. The number of hydrogen-bond donors (Lipinski definition) is 2. The minimum absolute atomic E-state index is 0.218. The second kappa shape index (κ2) is 9.23. The number of carbonyl (C=O) groups excluding carboxylic acids is 1. The number of aromatic nitrogens is 3. The van der Waals surface area contributed by atoms with Gasteiger partial charge < -0.3 is 15.3 Å². The molecular weight excluding hydrogens is 393 g/mol. The molecule has 0 saturated carbocycles. The van der Waals surface area contributed by atoms with Gasteiger partial charge in [-0.25, -0.2) is 14.4 Å². The highest BCUT2D eigenvalue weighted by Crippen LogP contribution is 2.27. The molecule has 0 spiro atoms. The fourth-order valence-electron chi connectivity index (χ4n) is 3.09. The van der Waals surface area contributed by atoms with Crippen molar-refractivity contribution in [1.82, 2.24) is 19.9 Å². The Bertz CT molecular complexity index is 996. The van der Waals surface area contributed by atoms with Gasteiger partial charge in [0.15, 0.2) is 5.69 Å². The van der Waals surface area contributed by atoms with Gasteiger partial charge in [-0.15, -0.1) is 11.3 Å². The van der Waals surface area contributed by atoms with Gasteiger partial charge in [-0.3, -0.25) is 9.78 Å². The van der Waals surface area contributed by atoms with E-state index in [1.165, 1.54) is 17.4 Å². The van der Waals surface area contributed by atoms with E-state index in [0.717, 1.165) is 6.20 Å². The topological polar surface area (TPSA) is 91.2 Å². The van der Waals surface area contributed by atoms with Gasteiger partial charge in [-0.05, 0) is 36.4 Å². The number of rotatable bonds is 4. The van der Waals surface area contributed by atoms with E-state index in [1.807, 2.05) is 32.2 Å². The molecule has 154 valence electrons. The minimum Gasteiger partial charge on any atom is -0.391 e. The second-order valence-electron chi connectivity index (χ2n) is 6.53. The van der Waals surface area contributed by atoms with E-state index in [4.69, 9.17) is 0 Å². The summed E-state index contributed by atoms with van der Waals surface area (Å²) >= 11 is 1.41. The Morgan fingerprint density at radius 1 is 1.38 bits per heavy atom. The van der Waals surface area contributed by atoms with Crippen molar-refractivity contribution in [1.29, 1.82) is 0 Å².